The van der Waals surface area contributed by atoms with Gasteiger partial charge in [0, 0.05) is 5.69 Å². The van der Waals surface area contributed by atoms with Crippen LogP contribution in [0.5, 0.6) is 0 Å². The zero-order chi connectivity index (χ0) is 20.2. The predicted octanol–water partition coefficient (Wildman–Crippen LogP) is 5.34. The highest BCUT2D eigenvalue weighted by Gasteiger charge is 2.21. The van der Waals surface area contributed by atoms with Crippen molar-refractivity contribution in [2.75, 3.05) is 5.32 Å². The number of nitrogens with zero attached hydrogens (tertiary/aromatic N) is 3. The predicted molar refractivity (Wildman–Crippen MR) is 118 cm³/mol. The first kappa shape index (κ1) is 19.9. The molecule has 148 valence electrons. The molecule has 0 spiro atoms. The van der Waals surface area contributed by atoms with Crippen LogP contribution in [0, 0.1) is 11.3 Å². The minimum Gasteiger partial charge on any atom is -0.301 e. The Morgan fingerprint density at radius 2 is 2.00 bits per heavy atom. The zero-order valence-electron chi connectivity index (χ0n) is 16.3. The number of carbonyl (C=O) groups excluding carboxylic acids is 1. The number of aryl methyl sites for hydroxylation is 2. The number of pyridine rings is 1. The van der Waals surface area contributed by atoms with Gasteiger partial charge in [-0.15, -0.1) is 0 Å². The second-order valence-corrected chi connectivity index (χ2v) is 9.57. The molecular formula is C22H22N4OS2. The second kappa shape index (κ2) is 8.93. The Morgan fingerprint density at radius 3 is 2.79 bits per heavy atom. The largest absolute Gasteiger partial charge is 0.301 e. The van der Waals surface area contributed by atoms with Gasteiger partial charge >= 0.3 is 0 Å². The molecule has 1 aliphatic carbocycles. The van der Waals surface area contributed by atoms with Gasteiger partial charge in [-0.05, 0) is 56.4 Å². The third-order valence-corrected chi connectivity index (χ3v) is 7.12. The van der Waals surface area contributed by atoms with Crippen LogP contribution in [0.25, 0.3) is 10.2 Å². The Morgan fingerprint density at radius 1 is 1.21 bits per heavy atom. The van der Waals surface area contributed by atoms with Crippen molar-refractivity contribution in [3.8, 4) is 6.07 Å². The number of thioether (sulfide) groups is 1. The van der Waals surface area contributed by atoms with Crippen molar-refractivity contribution in [3.05, 3.63) is 47.2 Å². The van der Waals surface area contributed by atoms with E-state index in [1.54, 1.807) is 0 Å². The molecule has 0 saturated heterocycles. The normalized spacial score (nSPS) is 15.0. The molecule has 1 N–H and O–H groups in total. The lowest BCUT2D eigenvalue weighted by Crippen LogP contribution is -2.22. The highest BCUT2D eigenvalue weighted by molar-refractivity contribution is 8.00. The van der Waals surface area contributed by atoms with Crippen molar-refractivity contribution < 1.29 is 4.79 Å². The van der Waals surface area contributed by atoms with E-state index in [9.17, 15) is 10.1 Å². The minimum atomic E-state index is -0.381. The van der Waals surface area contributed by atoms with Crippen molar-refractivity contribution >= 4 is 44.4 Å². The first-order chi connectivity index (χ1) is 14.1. The van der Waals surface area contributed by atoms with Gasteiger partial charge in [0.2, 0.25) is 5.91 Å². The van der Waals surface area contributed by atoms with Gasteiger partial charge in [0.25, 0.3) is 0 Å². The number of anilines is 1. The van der Waals surface area contributed by atoms with Crippen molar-refractivity contribution in [3.63, 3.8) is 0 Å². The summed E-state index contributed by atoms with van der Waals surface area (Å²) in [5.74, 6) is -0.133. The molecule has 2 aromatic heterocycles. The highest BCUT2D eigenvalue weighted by Crippen LogP contribution is 2.31. The maximum atomic E-state index is 12.7. The molecule has 4 rings (SSSR count). The van der Waals surface area contributed by atoms with Crippen LogP contribution in [-0.4, -0.2) is 21.1 Å². The first-order valence-electron chi connectivity index (χ1n) is 9.90. The molecule has 29 heavy (non-hydrogen) atoms. The number of carbonyl (C=O) groups is 1. The molecule has 2 heterocycles. The number of amides is 1. The number of nitrogens with one attached hydrogen (secondary N) is 1. The molecule has 0 fully saturated rings. The van der Waals surface area contributed by atoms with E-state index in [4.69, 9.17) is 4.98 Å². The lowest BCUT2D eigenvalue weighted by Gasteiger charge is -2.16. The fourth-order valence-electron chi connectivity index (χ4n) is 3.49. The van der Waals surface area contributed by atoms with E-state index in [1.165, 1.54) is 41.5 Å². The fraction of sp³-hybridized carbons (Fsp3) is 0.364. The summed E-state index contributed by atoms with van der Waals surface area (Å²) >= 11 is 2.80. The number of thiazole rings is 1. The number of aromatic nitrogens is 2. The maximum absolute atomic E-state index is 12.7. The van der Waals surface area contributed by atoms with Crippen LogP contribution < -0.4 is 5.32 Å². The zero-order valence-corrected chi connectivity index (χ0v) is 17.9. The monoisotopic (exact) mass is 422 g/mol. The lowest BCUT2D eigenvalue weighted by molar-refractivity contribution is -0.115. The van der Waals surface area contributed by atoms with Crippen molar-refractivity contribution in [1.82, 2.24) is 9.97 Å². The highest BCUT2D eigenvalue weighted by atomic mass is 32.2. The van der Waals surface area contributed by atoms with Crippen LogP contribution in [0.1, 0.15) is 49.4 Å². The summed E-state index contributed by atoms with van der Waals surface area (Å²) < 4.78 is 1.04. The van der Waals surface area contributed by atoms with E-state index in [1.807, 2.05) is 37.3 Å². The van der Waals surface area contributed by atoms with Crippen LogP contribution >= 0.6 is 23.1 Å². The van der Waals surface area contributed by atoms with Gasteiger partial charge in [-0.25, -0.2) is 9.97 Å². The number of para-hydroxylation sites is 1. The molecule has 0 saturated carbocycles. The van der Waals surface area contributed by atoms with Crippen molar-refractivity contribution in [2.24, 2.45) is 0 Å². The van der Waals surface area contributed by atoms with Crippen LogP contribution in [-0.2, 0) is 17.6 Å². The summed E-state index contributed by atoms with van der Waals surface area (Å²) in [5.41, 5.74) is 3.72. The van der Waals surface area contributed by atoms with Gasteiger partial charge in [-0.1, -0.05) is 48.1 Å². The summed E-state index contributed by atoms with van der Waals surface area (Å²) in [7, 11) is 0. The van der Waals surface area contributed by atoms with E-state index in [0.717, 1.165) is 41.6 Å². The van der Waals surface area contributed by atoms with Crippen LogP contribution in [0.4, 0.5) is 5.13 Å². The average Bonchev–Trinajstić information content (AvgIpc) is 3.11. The summed E-state index contributed by atoms with van der Waals surface area (Å²) in [5, 5.41) is 13.4. The molecule has 1 amide bonds. The SMILES string of the molecule is CC(Sc1nc2c(cc1C#N)CCCCCC2)C(=O)Nc1nc2ccccc2s1. The minimum absolute atomic E-state index is 0.133. The fourth-order valence-corrected chi connectivity index (χ4v) is 5.26. The van der Waals surface area contributed by atoms with Crippen LogP contribution in [0.2, 0.25) is 0 Å². The Kier molecular flexibility index (Phi) is 6.12. The van der Waals surface area contributed by atoms with E-state index >= 15 is 0 Å². The standard InChI is InChI=1S/C22H22N4OS2/c1-14(20(27)26-22-25-18-10-6-7-11-19(18)29-22)28-21-16(13-23)12-15-8-4-2-3-5-9-17(15)24-21/h6-7,10-12,14H,2-5,8-9H2,1H3,(H,25,26,27). The molecule has 1 unspecified atom stereocenters. The molecule has 7 heteroatoms. The summed E-state index contributed by atoms with van der Waals surface area (Å²) in [6.07, 6.45) is 6.67. The number of fused-ring (bicyclic) bond motifs is 2. The third kappa shape index (κ3) is 4.60. The van der Waals surface area contributed by atoms with Gasteiger partial charge < -0.3 is 5.32 Å². The van der Waals surface area contributed by atoms with Crippen LogP contribution in [0.3, 0.4) is 0 Å². The van der Waals surface area contributed by atoms with Crippen LogP contribution in [0.15, 0.2) is 35.4 Å². The lowest BCUT2D eigenvalue weighted by atomic mass is 9.96. The molecular weight excluding hydrogens is 400 g/mol. The van der Waals surface area contributed by atoms with Gasteiger partial charge in [0.1, 0.15) is 11.1 Å². The molecule has 5 nitrogen and oxygen atoms in total. The molecule has 0 radical (unpaired) electrons. The molecule has 1 aliphatic rings. The van der Waals surface area contributed by atoms with Crippen molar-refractivity contribution in [1.29, 1.82) is 5.26 Å². The molecule has 1 aromatic carbocycles. The summed E-state index contributed by atoms with van der Waals surface area (Å²) in [6.45, 7) is 1.84. The van der Waals surface area contributed by atoms with Crippen molar-refractivity contribution in [2.45, 2.75) is 55.7 Å². The molecule has 3 aromatic rings. The summed E-state index contributed by atoms with van der Waals surface area (Å²) in [6, 6.07) is 12.1. The van der Waals surface area contributed by atoms with E-state index < -0.39 is 0 Å². The second-order valence-electron chi connectivity index (χ2n) is 7.21. The quantitative estimate of drug-likeness (QED) is 0.574. The number of hydrogen-bond donors (Lipinski definition) is 1. The van der Waals surface area contributed by atoms with Gasteiger partial charge in [0.15, 0.2) is 5.13 Å². The number of rotatable bonds is 4. The van der Waals surface area contributed by atoms with E-state index in [2.05, 4.69) is 16.4 Å². The molecule has 0 aliphatic heterocycles. The Hall–Kier alpha value is -2.43. The third-order valence-electron chi connectivity index (χ3n) is 5.07. The Bertz CT molecular complexity index is 1050. The first-order valence-corrected chi connectivity index (χ1v) is 11.6. The van der Waals surface area contributed by atoms with E-state index in [0.29, 0.717) is 15.7 Å². The average molecular weight is 423 g/mol. The van der Waals surface area contributed by atoms with Gasteiger partial charge in [0.05, 0.1) is 21.0 Å². The molecule has 1 atom stereocenters. The maximum Gasteiger partial charge on any atom is 0.239 e. The number of hydrogen-bond acceptors (Lipinski definition) is 6. The summed E-state index contributed by atoms with van der Waals surface area (Å²) in [4.78, 5) is 22.0. The Labute approximate surface area is 178 Å². The Balaban J connectivity index is 1.50. The van der Waals surface area contributed by atoms with E-state index in [-0.39, 0.29) is 11.2 Å². The molecule has 0 bridgehead atoms. The van der Waals surface area contributed by atoms with Gasteiger partial charge in [-0.3, -0.25) is 4.79 Å². The topological polar surface area (TPSA) is 78.7 Å². The smallest absolute Gasteiger partial charge is 0.239 e. The number of nitriles is 1. The van der Waals surface area contributed by atoms with Gasteiger partial charge in [-0.2, -0.15) is 5.26 Å². The number of benzene rings is 1.